The highest BCUT2D eigenvalue weighted by Gasteiger charge is 2.20. The van der Waals surface area contributed by atoms with E-state index in [1.807, 2.05) is 13.0 Å². The lowest BCUT2D eigenvalue weighted by atomic mass is 10.1. The maximum absolute atomic E-state index is 4.26. The third-order valence-corrected chi connectivity index (χ3v) is 3.21. The van der Waals surface area contributed by atoms with Gasteiger partial charge in [0.2, 0.25) is 0 Å². The Morgan fingerprint density at radius 1 is 1.41 bits per heavy atom. The highest BCUT2D eigenvalue weighted by Crippen LogP contribution is 2.17. The van der Waals surface area contributed by atoms with E-state index < -0.39 is 0 Å². The Hall–Kier alpha value is -1.16. The Kier molecular flexibility index (Phi) is 4.31. The molecule has 4 nitrogen and oxygen atoms in total. The molecule has 4 heteroatoms. The van der Waals surface area contributed by atoms with Crippen molar-refractivity contribution in [1.29, 1.82) is 0 Å². The van der Waals surface area contributed by atoms with Gasteiger partial charge in [0, 0.05) is 19.1 Å². The quantitative estimate of drug-likeness (QED) is 0.862. The average Bonchev–Trinajstić information content (AvgIpc) is 2.37. The zero-order valence-corrected chi connectivity index (χ0v) is 10.8. The molecule has 1 saturated heterocycles. The maximum Gasteiger partial charge on any atom is 0.151 e. The number of hydrogen-bond acceptors (Lipinski definition) is 4. The van der Waals surface area contributed by atoms with Crippen molar-refractivity contribution in [2.24, 2.45) is 0 Å². The fraction of sp³-hybridized carbons (Fsp3) is 0.692. The molecule has 17 heavy (non-hydrogen) atoms. The highest BCUT2D eigenvalue weighted by atomic mass is 15.3. The van der Waals surface area contributed by atoms with Gasteiger partial charge >= 0.3 is 0 Å². The van der Waals surface area contributed by atoms with E-state index in [1.165, 1.54) is 19.3 Å². The molecular weight excluding hydrogens is 212 g/mol. The van der Waals surface area contributed by atoms with E-state index in [0.29, 0.717) is 6.04 Å². The summed E-state index contributed by atoms with van der Waals surface area (Å²) >= 11 is 0. The molecule has 0 amide bonds. The number of aromatic nitrogens is 2. The van der Waals surface area contributed by atoms with Crippen molar-refractivity contribution >= 4 is 5.82 Å². The molecule has 0 bridgehead atoms. The van der Waals surface area contributed by atoms with Gasteiger partial charge in [-0.25, -0.2) is 0 Å². The van der Waals surface area contributed by atoms with Crippen LogP contribution in [0.25, 0.3) is 0 Å². The van der Waals surface area contributed by atoms with Crippen molar-refractivity contribution < 1.29 is 0 Å². The zero-order chi connectivity index (χ0) is 12.1. The first-order valence-corrected chi connectivity index (χ1v) is 6.58. The average molecular weight is 234 g/mol. The van der Waals surface area contributed by atoms with E-state index in [0.717, 1.165) is 31.1 Å². The van der Waals surface area contributed by atoms with Crippen LogP contribution in [-0.2, 0) is 0 Å². The van der Waals surface area contributed by atoms with Crippen LogP contribution in [0.15, 0.2) is 12.1 Å². The van der Waals surface area contributed by atoms with E-state index in [4.69, 9.17) is 0 Å². The normalized spacial score (nSPS) is 20.6. The molecule has 1 aliphatic heterocycles. The molecule has 2 rings (SSSR count). The summed E-state index contributed by atoms with van der Waals surface area (Å²) < 4.78 is 0. The SMILES string of the molecule is CCCNC1CCCN(c2ccc(C)nn2)C1. The van der Waals surface area contributed by atoms with Gasteiger partial charge < -0.3 is 10.2 Å². The van der Waals surface area contributed by atoms with Gasteiger partial charge in [-0.3, -0.25) is 0 Å². The van der Waals surface area contributed by atoms with Crippen LogP contribution < -0.4 is 10.2 Å². The molecule has 1 aromatic rings. The predicted octanol–water partition coefficient (Wildman–Crippen LogP) is 1.75. The Bertz CT molecular complexity index is 336. The van der Waals surface area contributed by atoms with Crippen LogP contribution in [0.1, 0.15) is 31.9 Å². The molecule has 1 fully saturated rings. The summed E-state index contributed by atoms with van der Waals surface area (Å²) in [5.74, 6) is 1.01. The van der Waals surface area contributed by atoms with Gasteiger partial charge in [-0.05, 0) is 44.9 Å². The van der Waals surface area contributed by atoms with Gasteiger partial charge in [-0.15, -0.1) is 5.10 Å². The van der Waals surface area contributed by atoms with E-state index in [1.54, 1.807) is 0 Å². The highest BCUT2D eigenvalue weighted by molar-refractivity contribution is 5.38. The lowest BCUT2D eigenvalue weighted by Gasteiger charge is -2.33. The maximum atomic E-state index is 4.26. The van der Waals surface area contributed by atoms with Crippen LogP contribution in [0.4, 0.5) is 5.82 Å². The number of aryl methyl sites for hydroxylation is 1. The Labute approximate surface area is 103 Å². The second kappa shape index (κ2) is 5.96. The second-order valence-electron chi connectivity index (χ2n) is 4.77. The molecule has 0 spiro atoms. The molecule has 94 valence electrons. The first-order valence-electron chi connectivity index (χ1n) is 6.58. The molecule has 0 aromatic carbocycles. The van der Waals surface area contributed by atoms with Crippen LogP contribution >= 0.6 is 0 Å². The van der Waals surface area contributed by atoms with Gasteiger partial charge in [0.25, 0.3) is 0 Å². The topological polar surface area (TPSA) is 41.0 Å². The number of nitrogens with zero attached hydrogens (tertiary/aromatic N) is 3. The standard InChI is InChI=1S/C13H22N4/c1-3-8-14-12-5-4-9-17(10-12)13-7-6-11(2)15-16-13/h6-7,12,14H,3-5,8-10H2,1-2H3. The van der Waals surface area contributed by atoms with Crippen molar-refractivity contribution in [3.05, 3.63) is 17.8 Å². The molecule has 1 N–H and O–H groups in total. The third kappa shape index (κ3) is 3.40. The monoisotopic (exact) mass is 234 g/mol. The number of piperidine rings is 1. The van der Waals surface area contributed by atoms with Crippen molar-refractivity contribution in [2.45, 2.75) is 39.2 Å². The van der Waals surface area contributed by atoms with Gasteiger partial charge in [0.15, 0.2) is 5.82 Å². The number of rotatable bonds is 4. The smallest absolute Gasteiger partial charge is 0.151 e. The van der Waals surface area contributed by atoms with Crippen LogP contribution in [-0.4, -0.2) is 35.9 Å². The van der Waals surface area contributed by atoms with Gasteiger partial charge in [0.05, 0.1) is 5.69 Å². The van der Waals surface area contributed by atoms with E-state index >= 15 is 0 Å². The number of hydrogen-bond donors (Lipinski definition) is 1. The molecule has 2 heterocycles. The zero-order valence-electron chi connectivity index (χ0n) is 10.8. The lowest BCUT2D eigenvalue weighted by molar-refractivity contribution is 0.421. The summed E-state index contributed by atoms with van der Waals surface area (Å²) in [6.07, 6.45) is 3.70. The number of anilines is 1. The Morgan fingerprint density at radius 3 is 3.00 bits per heavy atom. The summed E-state index contributed by atoms with van der Waals surface area (Å²) in [4.78, 5) is 2.34. The van der Waals surface area contributed by atoms with Crippen molar-refractivity contribution in [2.75, 3.05) is 24.5 Å². The largest absolute Gasteiger partial charge is 0.354 e. The summed E-state index contributed by atoms with van der Waals surface area (Å²) in [5, 5.41) is 12.0. The molecule has 1 aliphatic rings. The minimum Gasteiger partial charge on any atom is -0.354 e. The fourth-order valence-corrected chi connectivity index (χ4v) is 2.26. The summed E-state index contributed by atoms with van der Waals surface area (Å²) in [7, 11) is 0. The summed E-state index contributed by atoms with van der Waals surface area (Å²) in [5.41, 5.74) is 0.978. The lowest BCUT2D eigenvalue weighted by Crippen LogP contribution is -2.46. The molecule has 1 aromatic heterocycles. The second-order valence-corrected chi connectivity index (χ2v) is 4.77. The predicted molar refractivity (Wildman–Crippen MR) is 70.3 cm³/mol. The first kappa shape index (κ1) is 12.3. The van der Waals surface area contributed by atoms with Crippen LogP contribution in [0.3, 0.4) is 0 Å². The van der Waals surface area contributed by atoms with E-state index in [-0.39, 0.29) is 0 Å². The Morgan fingerprint density at radius 2 is 2.29 bits per heavy atom. The molecule has 0 radical (unpaired) electrons. The minimum absolute atomic E-state index is 0.604. The van der Waals surface area contributed by atoms with Gasteiger partial charge in [0.1, 0.15) is 0 Å². The fourth-order valence-electron chi connectivity index (χ4n) is 2.26. The number of nitrogens with one attached hydrogen (secondary N) is 1. The van der Waals surface area contributed by atoms with Crippen molar-refractivity contribution in [1.82, 2.24) is 15.5 Å². The van der Waals surface area contributed by atoms with Crippen LogP contribution in [0.5, 0.6) is 0 Å². The Balaban J connectivity index is 1.94. The van der Waals surface area contributed by atoms with Gasteiger partial charge in [-0.2, -0.15) is 5.10 Å². The van der Waals surface area contributed by atoms with Gasteiger partial charge in [-0.1, -0.05) is 6.92 Å². The summed E-state index contributed by atoms with van der Waals surface area (Å²) in [6.45, 7) is 7.44. The molecule has 1 unspecified atom stereocenters. The van der Waals surface area contributed by atoms with E-state index in [9.17, 15) is 0 Å². The third-order valence-electron chi connectivity index (χ3n) is 3.21. The van der Waals surface area contributed by atoms with Crippen LogP contribution in [0.2, 0.25) is 0 Å². The summed E-state index contributed by atoms with van der Waals surface area (Å²) in [6, 6.07) is 4.71. The van der Waals surface area contributed by atoms with E-state index in [2.05, 4.69) is 33.4 Å². The molecule has 1 atom stereocenters. The van der Waals surface area contributed by atoms with Crippen LogP contribution in [0, 0.1) is 6.92 Å². The van der Waals surface area contributed by atoms with Crippen molar-refractivity contribution in [3.8, 4) is 0 Å². The molecule has 0 saturated carbocycles. The minimum atomic E-state index is 0.604. The molecule has 0 aliphatic carbocycles. The first-order chi connectivity index (χ1) is 8.29. The van der Waals surface area contributed by atoms with Crippen molar-refractivity contribution in [3.63, 3.8) is 0 Å². The molecular formula is C13H22N4.